The summed E-state index contributed by atoms with van der Waals surface area (Å²) in [6, 6.07) is 0. The third-order valence-electron chi connectivity index (χ3n) is 14.5. The number of hydrogen-bond acceptors (Lipinski definition) is 6. The summed E-state index contributed by atoms with van der Waals surface area (Å²) < 4.78 is 16.8. The van der Waals surface area contributed by atoms with Crippen LogP contribution < -0.4 is 0 Å². The number of carbonyl (C=O) groups is 3. The normalized spacial score (nSPS) is 12.5. The van der Waals surface area contributed by atoms with Gasteiger partial charge in [-0.15, -0.1) is 0 Å². The van der Waals surface area contributed by atoms with Crippen LogP contribution in [0.3, 0.4) is 0 Å². The molecule has 0 N–H and O–H groups in total. The van der Waals surface area contributed by atoms with E-state index in [1.807, 2.05) is 6.08 Å². The molecule has 0 rings (SSSR count). The van der Waals surface area contributed by atoms with Crippen LogP contribution in [0.1, 0.15) is 335 Å². The van der Waals surface area contributed by atoms with E-state index in [0.29, 0.717) is 12.8 Å². The second-order valence-corrected chi connectivity index (χ2v) is 22.0. The van der Waals surface area contributed by atoms with Gasteiger partial charge in [0.25, 0.3) is 0 Å². The summed E-state index contributed by atoms with van der Waals surface area (Å²) in [7, 11) is 0. The van der Waals surface area contributed by atoms with Crippen LogP contribution in [-0.4, -0.2) is 37.2 Å². The van der Waals surface area contributed by atoms with Gasteiger partial charge in [0.1, 0.15) is 13.2 Å². The third-order valence-corrected chi connectivity index (χ3v) is 14.5. The molecule has 76 heavy (non-hydrogen) atoms. The molecule has 6 nitrogen and oxygen atoms in total. The van der Waals surface area contributed by atoms with Crippen molar-refractivity contribution in [3.63, 3.8) is 0 Å². The average Bonchev–Trinajstić information content (AvgIpc) is 3.42. The number of ether oxygens (including phenoxy) is 3. The average molecular weight is 1060 g/mol. The van der Waals surface area contributed by atoms with Crippen LogP contribution in [0.2, 0.25) is 0 Å². The first-order valence-corrected chi connectivity index (χ1v) is 32.9. The van der Waals surface area contributed by atoms with E-state index in [-0.39, 0.29) is 31.6 Å². The summed E-state index contributed by atoms with van der Waals surface area (Å²) in [6.07, 6.45) is 83.9. The zero-order valence-electron chi connectivity index (χ0n) is 50.5. The SMILES string of the molecule is CC/C=C\C/C=C\C/C=C\C/C=C\C/C=C\CC(=O)OC(COC(=O)CCCCCCCCCCCCCCCC)COC(=O)CCCCCCCCCCCCCCCCCCC/C=C\CCCCCCCCCC. The standard InChI is InChI=1S/C70H124O6/c1-4-7-10-13-16-19-22-25-28-29-30-31-32-33-34-35-36-37-38-39-40-41-43-45-48-51-54-57-60-63-69(72)75-66-67(65-74-68(71)62-59-56-53-50-47-44-27-24-21-18-15-12-9-6-3)76-70(73)64-61-58-55-52-49-46-42-26-23-20-17-14-11-8-5-2/h8,11,17,20,26,29-30,42,49,52,58,61,67H,4-7,9-10,12-16,18-19,21-25,27-28,31-41,43-48,50-51,53-57,59-60,62-66H2,1-3H3/b11-8-,20-17-,30-29-,42-26-,52-49-,61-58-. The van der Waals surface area contributed by atoms with E-state index in [2.05, 4.69) is 81.5 Å². The molecule has 440 valence electrons. The molecule has 6 heteroatoms. The van der Waals surface area contributed by atoms with Gasteiger partial charge in [-0.05, 0) is 70.6 Å². The second kappa shape index (κ2) is 64.4. The molecule has 0 heterocycles. The highest BCUT2D eigenvalue weighted by Gasteiger charge is 2.19. The van der Waals surface area contributed by atoms with Crippen molar-refractivity contribution in [2.24, 2.45) is 0 Å². The van der Waals surface area contributed by atoms with Crippen molar-refractivity contribution < 1.29 is 28.6 Å². The summed E-state index contributed by atoms with van der Waals surface area (Å²) in [4.78, 5) is 38.2. The maximum absolute atomic E-state index is 12.8. The highest BCUT2D eigenvalue weighted by molar-refractivity contribution is 5.72. The van der Waals surface area contributed by atoms with Gasteiger partial charge in [0, 0.05) is 12.8 Å². The van der Waals surface area contributed by atoms with Crippen LogP contribution in [0.25, 0.3) is 0 Å². The van der Waals surface area contributed by atoms with E-state index in [4.69, 9.17) is 14.2 Å². The molecule has 1 atom stereocenters. The van der Waals surface area contributed by atoms with E-state index in [1.54, 1.807) is 6.08 Å². The molecular formula is C70H124O6. The van der Waals surface area contributed by atoms with Gasteiger partial charge in [-0.2, -0.15) is 0 Å². The minimum atomic E-state index is -0.828. The summed E-state index contributed by atoms with van der Waals surface area (Å²) in [6.45, 7) is 6.48. The third kappa shape index (κ3) is 61.7. The Morgan fingerprint density at radius 2 is 0.553 bits per heavy atom. The zero-order chi connectivity index (χ0) is 55.0. The maximum Gasteiger partial charge on any atom is 0.310 e. The molecule has 0 bridgehead atoms. The number of allylic oxidation sites excluding steroid dienone is 11. The highest BCUT2D eigenvalue weighted by Crippen LogP contribution is 2.17. The summed E-state index contributed by atoms with van der Waals surface area (Å²) in [5, 5.41) is 0. The number of esters is 3. The van der Waals surface area contributed by atoms with Crippen LogP contribution in [-0.2, 0) is 28.6 Å². The Balaban J connectivity index is 4.24. The number of carbonyl (C=O) groups excluding carboxylic acids is 3. The lowest BCUT2D eigenvalue weighted by Gasteiger charge is -2.18. The Hall–Kier alpha value is -3.15. The van der Waals surface area contributed by atoms with E-state index < -0.39 is 12.1 Å². The minimum absolute atomic E-state index is 0.100. The molecule has 0 aromatic rings. The van der Waals surface area contributed by atoms with Gasteiger partial charge in [0.15, 0.2) is 6.10 Å². The van der Waals surface area contributed by atoms with Crippen molar-refractivity contribution >= 4 is 17.9 Å². The van der Waals surface area contributed by atoms with Gasteiger partial charge in [-0.3, -0.25) is 14.4 Å². The van der Waals surface area contributed by atoms with Gasteiger partial charge >= 0.3 is 17.9 Å². The number of unbranched alkanes of at least 4 members (excludes halogenated alkanes) is 38. The number of hydrogen-bond donors (Lipinski definition) is 0. The fourth-order valence-corrected chi connectivity index (χ4v) is 9.58. The molecule has 0 aliphatic heterocycles. The Morgan fingerprint density at radius 1 is 0.289 bits per heavy atom. The van der Waals surface area contributed by atoms with Gasteiger partial charge in [0.2, 0.25) is 0 Å². The van der Waals surface area contributed by atoms with Crippen molar-refractivity contribution in [3.05, 3.63) is 72.9 Å². The topological polar surface area (TPSA) is 78.9 Å². The lowest BCUT2D eigenvalue weighted by molar-refractivity contribution is -0.166. The molecular weight excluding hydrogens is 937 g/mol. The summed E-state index contributed by atoms with van der Waals surface area (Å²) in [5.74, 6) is -1.02. The van der Waals surface area contributed by atoms with Crippen LogP contribution in [0.5, 0.6) is 0 Å². The van der Waals surface area contributed by atoms with E-state index >= 15 is 0 Å². The van der Waals surface area contributed by atoms with Crippen molar-refractivity contribution in [1.29, 1.82) is 0 Å². The predicted molar refractivity (Wildman–Crippen MR) is 330 cm³/mol. The minimum Gasteiger partial charge on any atom is -0.462 e. The van der Waals surface area contributed by atoms with Crippen LogP contribution in [0.4, 0.5) is 0 Å². The van der Waals surface area contributed by atoms with Gasteiger partial charge < -0.3 is 14.2 Å². The van der Waals surface area contributed by atoms with Crippen LogP contribution >= 0.6 is 0 Å². The Labute approximate surface area is 472 Å². The van der Waals surface area contributed by atoms with Crippen molar-refractivity contribution in [3.8, 4) is 0 Å². The molecule has 0 aliphatic rings. The first kappa shape index (κ1) is 72.8. The van der Waals surface area contributed by atoms with Crippen LogP contribution in [0.15, 0.2) is 72.9 Å². The fraction of sp³-hybridized carbons (Fsp3) is 0.786. The molecule has 0 spiro atoms. The smallest absolute Gasteiger partial charge is 0.310 e. The number of rotatable bonds is 60. The van der Waals surface area contributed by atoms with E-state index in [9.17, 15) is 14.4 Å². The predicted octanol–water partition coefficient (Wildman–Crippen LogP) is 22.5. The Kier molecular flexibility index (Phi) is 61.7. The Morgan fingerprint density at radius 3 is 0.855 bits per heavy atom. The van der Waals surface area contributed by atoms with Gasteiger partial charge in [0.05, 0.1) is 6.42 Å². The van der Waals surface area contributed by atoms with Crippen molar-refractivity contribution in [1.82, 2.24) is 0 Å². The lowest BCUT2D eigenvalue weighted by atomic mass is 10.0. The monoisotopic (exact) mass is 1060 g/mol. The van der Waals surface area contributed by atoms with E-state index in [0.717, 1.165) is 70.6 Å². The molecule has 0 saturated heterocycles. The first-order chi connectivity index (χ1) is 37.5. The first-order valence-electron chi connectivity index (χ1n) is 32.9. The van der Waals surface area contributed by atoms with Crippen molar-refractivity contribution in [2.45, 2.75) is 341 Å². The molecule has 0 aliphatic carbocycles. The Bertz CT molecular complexity index is 1400. The molecule has 0 aromatic heterocycles. The quantitative estimate of drug-likeness (QED) is 0.0261. The highest BCUT2D eigenvalue weighted by atomic mass is 16.6. The second-order valence-electron chi connectivity index (χ2n) is 22.0. The molecule has 0 amide bonds. The molecule has 1 unspecified atom stereocenters. The maximum atomic E-state index is 12.8. The molecule has 0 saturated carbocycles. The van der Waals surface area contributed by atoms with Crippen LogP contribution in [0, 0.1) is 0 Å². The van der Waals surface area contributed by atoms with Gasteiger partial charge in [-0.1, -0.05) is 318 Å². The largest absolute Gasteiger partial charge is 0.462 e. The van der Waals surface area contributed by atoms with Crippen molar-refractivity contribution in [2.75, 3.05) is 13.2 Å². The summed E-state index contributed by atoms with van der Waals surface area (Å²) >= 11 is 0. The lowest BCUT2D eigenvalue weighted by Crippen LogP contribution is -2.30. The van der Waals surface area contributed by atoms with Gasteiger partial charge in [-0.25, -0.2) is 0 Å². The fourth-order valence-electron chi connectivity index (χ4n) is 9.58. The molecule has 0 fully saturated rings. The van der Waals surface area contributed by atoms with E-state index in [1.165, 1.54) is 225 Å². The molecule has 0 aromatic carbocycles. The molecule has 0 radical (unpaired) electrons. The summed E-state index contributed by atoms with van der Waals surface area (Å²) in [5.41, 5.74) is 0. The zero-order valence-corrected chi connectivity index (χ0v) is 50.5.